The molecule has 4 rings (SSSR count). The van der Waals surface area contributed by atoms with Gasteiger partial charge in [-0.3, -0.25) is 4.79 Å². The number of hydrogen-bond donors (Lipinski definition) is 1. The van der Waals surface area contributed by atoms with Crippen molar-refractivity contribution in [1.82, 2.24) is 13.1 Å². The zero-order valence-corrected chi connectivity index (χ0v) is 17.7. The summed E-state index contributed by atoms with van der Waals surface area (Å²) in [6.45, 7) is 0.251. The number of sulfonamides is 1. The van der Waals surface area contributed by atoms with Gasteiger partial charge in [0.2, 0.25) is 15.9 Å². The maximum Gasteiger partial charge on any atom is 0.246 e. The first-order valence-corrected chi connectivity index (χ1v) is 11.3. The number of carbonyl (C=O) groups is 1. The van der Waals surface area contributed by atoms with E-state index in [1.165, 1.54) is 17.5 Å². The van der Waals surface area contributed by atoms with Gasteiger partial charge in [0.25, 0.3) is 0 Å². The number of hydrogen-bond acceptors (Lipinski definition) is 7. The Labute approximate surface area is 176 Å². The van der Waals surface area contributed by atoms with Crippen LogP contribution in [-0.2, 0) is 14.8 Å². The van der Waals surface area contributed by atoms with Crippen molar-refractivity contribution in [2.45, 2.75) is 23.8 Å². The smallest absolute Gasteiger partial charge is 0.246 e. The Bertz CT molecular complexity index is 1180. The second kappa shape index (κ2) is 7.86. The summed E-state index contributed by atoms with van der Waals surface area (Å²) in [5, 5.41) is 3.18. The van der Waals surface area contributed by atoms with Crippen LogP contribution in [0.3, 0.4) is 0 Å². The van der Waals surface area contributed by atoms with Crippen molar-refractivity contribution in [2.75, 3.05) is 19.0 Å². The molecule has 152 valence electrons. The van der Waals surface area contributed by atoms with Crippen molar-refractivity contribution < 1.29 is 17.9 Å². The number of halogens is 1. The fraction of sp³-hybridized carbons (Fsp3) is 0.278. The third-order valence-electron chi connectivity index (χ3n) is 4.76. The molecular formula is C18H17ClN4O4S2. The minimum Gasteiger partial charge on any atom is -0.495 e. The molecule has 1 fully saturated rings. The summed E-state index contributed by atoms with van der Waals surface area (Å²) in [6, 6.07) is 8.82. The third kappa shape index (κ3) is 3.68. The number of nitrogens with one attached hydrogen (secondary N) is 1. The largest absolute Gasteiger partial charge is 0.495 e. The fourth-order valence-corrected chi connectivity index (χ4v) is 5.98. The molecule has 1 saturated heterocycles. The number of rotatable bonds is 5. The van der Waals surface area contributed by atoms with Crippen molar-refractivity contribution in [1.29, 1.82) is 0 Å². The average molecular weight is 453 g/mol. The summed E-state index contributed by atoms with van der Waals surface area (Å²) < 4.78 is 41.4. The zero-order chi connectivity index (χ0) is 20.6. The first kappa shape index (κ1) is 20.0. The molecule has 8 nitrogen and oxygen atoms in total. The second-order valence-electron chi connectivity index (χ2n) is 6.50. The Morgan fingerprint density at radius 1 is 1.31 bits per heavy atom. The molecule has 0 unspecified atom stereocenters. The van der Waals surface area contributed by atoms with Crippen LogP contribution in [0.5, 0.6) is 5.75 Å². The molecule has 1 aliphatic heterocycles. The SMILES string of the molecule is COc1ccc(Cl)cc1NC(=O)[C@@H]1CCCN1S(=O)(=O)c1cccc2nsnc12. The number of nitrogens with zero attached hydrogens (tertiary/aromatic N) is 3. The summed E-state index contributed by atoms with van der Waals surface area (Å²) in [5.41, 5.74) is 1.22. The molecule has 1 atom stereocenters. The van der Waals surface area contributed by atoms with Gasteiger partial charge in [0.05, 0.1) is 24.5 Å². The van der Waals surface area contributed by atoms with E-state index in [0.29, 0.717) is 40.3 Å². The van der Waals surface area contributed by atoms with E-state index in [9.17, 15) is 13.2 Å². The van der Waals surface area contributed by atoms with Crippen molar-refractivity contribution >= 4 is 56.0 Å². The Morgan fingerprint density at radius 2 is 2.14 bits per heavy atom. The van der Waals surface area contributed by atoms with Crippen LogP contribution in [0, 0.1) is 0 Å². The van der Waals surface area contributed by atoms with Gasteiger partial charge in [0.1, 0.15) is 27.7 Å². The van der Waals surface area contributed by atoms with Crippen LogP contribution in [0.1, 0.15) is 12.8 Å². The highest BCUT2D eigenvalue weighted by Crippen LogP contribution is 2.32. The molecule has 0 bridgehead atoms. The van der Waals surface area contributed by atoms with Crippen LogP contribution in [0.15, 0.2) is 41.3 Å². The van der Waals surface area contributed by atoms with Crippen LogP contribution in [0.4, 0.5) is 5.69 Å². The van der Waals surface area contributed by atoms with E-state index in [4.69, 9.17) is 16.3 Å². The maximum atomic E-state index is 13.3. The van der Waals surface area contributed by atoms with Crippen LogP contribution < -0.4 is 10.1 Å². The second-order valence-corrected chi connectivity index (χ2v) is 9.32. The lowest BCUT2D eigenvalue weighted by Gasteiger charge is -2.24. The Morgan fingerprint density at radius 3 is 2.93 bits per heavy atom. The van der Waals surface area contributed by atoms with Gasteiger partial charge in [-0.05, 0) is 43.2 Å². The van der Waals surface area contributed by atoms with E-state index in [2.05, 4.69) is 14.1 Å². The van der Waals surface area contributed by atoms with Crippen molar-refractivity contribution in [3.05, 3.63) is 41.4 Å². The topological polar surface area (TPSA) is 101 Å². The number of methoxy groups -OCH3 is 1. The van der Waals surface area contributed by atoms with E-state index in [-0.39, 0.29) is 11.4 Å². The first-order chi connectivity index (χ1) is 13.9. The van der Waals surface area contributed by atoms with Crippen molar-refractivity contribution in [3.63, 3.8) is 0 Å². The van der Waals surface area contributed by atoms with Gasteiger partial charge in [-0.2, -0.15) is 13.1 Å². The number of fused-ring (bicyclic) bond motifs is 1. The normalized spacial score (nSPS) is 17.5. The van der Waals surface area contributed by atoms with Gasteiger partial charge in [0, 0.05) is 11.6 Å². The Balaban J connectivity index is 1.65. The maximum absolute atomic E-state index is 13.3. The Hall–Kier alpha value is -2.27. The molecule has 0 spiro atoms. The van der Waals surface area contributed by atoms with Crippen molar-refractivity contribution in [2.24, 2.45) is 0 Å². The molecule has 2 heterocycles. The minimum absolute atomic E-state index is 0.0591. The summed E-state index contributed by atoms with van der Waals surface area (Å²) in [6.07, 6.45) is 0.995. The van der Waals surface area contributed by atoms with Crippen LogP contribution in [0.25, 0.3) is 11.0 Å². The molecule has 3 aromatic rings. The summed E-state index contributed by atoms with van der Waals surface area (Å²) >= 11 is 6.97. The lowest BCUT2D eigenvalue weighted by molar-refractivity contribution is -0.119. The molecule has 1 aliphatic rings. The highest BCUT2D eigenvalue weighted by atomic mass is 35.5. The average Bonchev–Trinajstić information content (AvgIpc) is 3.37. The Kier molecular flexibility index (Phi) is 5.43. The summed E-state index contributed by atoms with van der Waals surface area (Å²) in [4.78, 5) is 13.0. The third-order valence-corrected chi connectivity index (χ3v) is 7.48. The highest BCUT2D eigenvalue weighted by molar-refractivity contribution is 7.89. The zero-order valence-electron chi connectivity index (χ0n) is 15.3. The number of carbonyl (C=O) groups excluding carboxylic acids is 1. The number of anilines is 1. The van der Waals surface area contributed by atoms with E-state index >= 15 is 0 Å². The van der Waals surface area contributed by atoms with Crippen LogP contribution >= 0.6 is 23.3 Å². The molecule has 1 aromatic heterocycles. The van der Waals surface area contributed by atoms with E-state index in [0.717, 1.165) is 11.7 Å². The number of amides is 1. The van der Waals surface area contributed by atoms with E-state index in [1.807, 2.05) is 0 Å². The molecule has 0 saturated carbocycles. The van der Waals surface area contributed by atoms with Crippen LogP contribution in [-0.4, -0.2) is 47.1 Å². The molecule has 1 N–H and O–H groups in total. The van der Waals surface area contributed by atoms with E-state index in [1.54, 1.807) is 30.3 Å². The van der Waals surface area contributed by atoms with Gasteiger partial charge >= 0.3 is 0 Å². The lowest BCUT2D eigenvalue weighted by atomic mass is 10.2. The molecule has 29 heavy (non-hydrogen) atoms. The predicted octanol–water partition coefficient (Wildman–Crippen LogP) is 3.15. The lowest BCUT2D eigenvalue weighted by Crippen LogP contribution is -2.43. The quantitative estimate of drug-likeness (QED) is 0.638. The molecule has 11 heteroatoms. The summed E-state index contributed by atoms with van der Waals surface area (Å²) in [5.74, 6) is 0.00342. The highest BCUT2D eigenvalue weighted by Gasteiger charge is 2.40. The van der Waals surface area contributed by atoms with Gasteiger partial charge < -0.3 is 10.1 Å². The van der Waals surface area contributed by atoms with Crippen LogP contribution in [0.2, 0.25) is 5.02 Å². The van der Waals surface area contributed by atoms with Gasteiger partial charge in [-0.25, -0.2) is 8.42 Å². The monoisotopic (exact) mass is 452 g/mol. The van der Waals surface area contributed by atoms with Gasteiger partial charge in [0.15, 0.2) is 0 Å². The number of ether oxygens (including phenoxy) is 1. The molecule has 0 radical (unpaired) electrons. The molecule has 1 amide bonds. The standard InChI is InChI=1S/C18H17ClN4O4S2/c1-27-15-8-7-11(19)10-13(15)20-18(24)14-5-3-9-23(14)29(25,26)16-6-2-4-12-17(16)22-28-21-12/h2,4,6-8,10,14H,3,5,9H2,1H3,(H,20,24)/t14-/m0/s1. The number of benzene rings is 2. The molecular weight excluding hydrogens is 436 g/mol. The molecule has 2 aromatic carbocycles. The predicted molar refractivity (Wildman–Crippen MR) is 111 cm³/mol. The van der Waals surface area contributed by atoms with E-state index < -0.39 is 22.0 Å². The van der Waals surface area contributed by atoms with Crippen molar-refractivity contribution in [3.8, 4) is 5.75 Å². The number of aromatic nitrogens is 2. The minimum atomic E-state index is -3.93. The summed E-state index contributed by atoms with van der Waals surface area (Å²) in [7, 11) is -2.45. The fourth-order valence-electron chi connectivity index (χ4n) is 3.40. The van der Waals surface area contributed by atoms with Gasteiger partial charge in [-0.1, -0.05) is 17.7 Å². The molecule has 0 aliphatic carbocycles. The van der Waals surface area contributed by atoms with Gasteiger partial charge in [-0.15, -0.1) is 0 Å². The first-order valence-electron chi connectivity index (χ1n) is 8.79.